The van der Waals surface area contributed by atoms with Crippen LogP contribution in [0.5, 0.6) is 0 Å². The summed E-state index contributed by atoms with van der Waals surface area (Å²) in [5.41, 5.74) is 0.429. The van der Waals surface area contributed by atoms with Gasteiger partial charge >= 0.3 is 18.4 Å². The minimum Gasteiger partial charge on any atom is -0.465 e. The number of unbranched alkanes of at least 4 members (excludes halogenated alkanes) is 2. The van der Waals surface area contributed by atoms with E-state index < -0.39 is 64.6 Å². The second-order valence-electron chi connectivity index (χ2n) is 25.8. The van der Waals surface area contributed by atoms with Gasteiger partial charge in [-0.25, -0.2) is 9.18 Å². The summed E-state index contributed by atoms with van der Waals surface area (Å²) in [7, 11) is 5.23. The Morgan fingerprint density at radius 2 is 1.35 bits per heavy atom. The molecule has 4 aliphatic rings. The number of carboxylic acid groups (broad SMARTS) is 1. The van der Waals surface area contributed by atoms with E-state index in [0.29, 0.717) is 106 Å². The van der Waals surface area contributed by atoms with Crippen LogP contribution in [0.4, 0.5) is 46.2 Å². The predicted octanol–water partition coefficient (Wildman–Crippen LogP) is 12.9. The highest BCUT2D eigenvalue weighted by Gasteiger charge is 2.50. The molecule has 0 bridgehead atoms. The lowest BCUT2D eigenvalue weighted by Gasteiger charge is -2.44. The number of thiophene rings is 1. The van der Waals surface area contributed by atoms with Gasteiger partial charge in [0.25, 0.3) is 11.8 Å². The number of fused-ring (bicyclic) bond motifs is 2. The van der Waals surface area contributed by atoms with E-state index in [2.05, 4.69) is 27.2 Å². The highest BCUT2D eigenvalue weighted by molar-refractivity contribution is 7.18. The molecule has 4 heterocycles. The van der Waals surface area contributed by atoms with E-state index in [4.69, 9.17) is 9.47 Å². The van der Waals surface area contributed by atoms with Gasteiger partial charge in [-0.3, -0.25) is 24.1 Å². The van der Waals surface area contributed by atoms with Gasteiger partial charge in [0.2, 0.25) is 11.8 Å². The fourth-order valence-corrected chi connectivity index (χ4v) is 14.9. The van der Waals surface area contributed by atoms with E-state index in [1.165, 1.54) is 40.5 Å². The van der Waals surface area contributed by atoms with Crippen molar-refractivity contribution in [2.24, 2.45) is 0 Å². The molecule has 5 amide bonds. The highest BCUT2D eigenvalue weighted by Crippen LogP contribution is 2.49. The number of ether oxygens (including phenoxy) is 2. The minimum absolute atomic E-state index is 0.0304. The Hall–Kier alpha value is -7.90. The number of benzene rings is 5. The smallest absolute Gasteiger partial charge is 0.416 e. The molecular weight excluding hydrogens is 1270 g/mol. The number of hydrogen-bond acceptors (Lipinski definition) is 11. The summed E-state index contributed by atoms with van der Waals surface area (Å²) >= 11 is 1.38. The van der Waals surface area contributed by atoms with Gasteiger partial charge in [-0.05, 0) is 142 Å². The maximum atomic E-state index is 14.3. The van der Waals surface area contributed by atoms with E-state index in [9.17, 15) is 59.8 Å². The molecule has 0 radical (unpaired) electrons. The van der Waals surface area contributed by atoms with Gasteiger partial charge in [-0.2, -0.15) is 26.3 Å². The van der Waals surface area contributed by atoms with Crippen LogP contribution in [0.3, 0.4) is 0 Å². The summed E-state index contributed by atoms with van der Waals surface area (Å²) in [6, 6.07) is 33.6. The number of para-hydroxylation sites is 1. The fraction of sp³-hybridized carbons (Fsp3) is 0.458. The molecule has 24 heteroatoms. The molecule has 10 rings (SSSR count). The second kappa shape index (κ2) is 30.7. The molecule has 6 aromatic rings. The number of aryl methyl sites for hydroxylation is 1. The maximum Gasteiger partial charge on any atom is 0.416 e. The zero-order valence-corrected chi connectivity index (χ0v) is 55.3. The molecule has 2 atom stereocenters. The number of amides is 5. The van der Waals surface area contributed by atoms with Crippen LogP contribution in [0.2, 0.25) is 0 Å². The van der Waals surface area contributed by atoms with Gasteiger partial charge in [-0.15, -0.1) is 11.3 Å². The number of rotatable bonds is 25. The number of likely N-dealkylation sites (tertiary alicyclic amines) is 2. The molecular formula is C72H83F7N8O8S. The van der Waals surface area contributed by atoms with Crippen molar-refractivity contribution < 1.29 is 69.3 Å². The Balaban J connectivity index is 0.636. The number of carbonyl (C=O) groups is 5. The van der Waals surface area contributed by atoms with Crippen molar-refractivity contribution in [1.29, 1.82) is 0 Å². The van der Waals surface area contributed by atoms with Gasteiger partial charge in [0.05, 0.1) is 39.3 Å². The molecule has 0 saturated carbocycles. The molecule has 3 aliphatic heterocycles. The summed E-state index contributed by atoms with van der Waals surface area (Å²) in [5.74, 6) is -1.92. The third-order valence-electron chi connectivity index (χ3n) is 19.6. The highest BCUT2D eigenvalue weighted by atomic mass is 32.1. The first-order chi connectivity index (χ1) is 45.8. The van der Waals surface area contributed by atoms with Crippen molar-refractivity contribution in [3.63, 3.8) is 0 Å². The van der Waals surface area contributed by atoms with E-state index in [1.54, 1.807) is 28.8 Å². The largest absolute Gasteiger partial charge is 0.465 e. The Kier molecular flexibility index (Phi) is 22.6. The third kappa shape index (κ3) is 16.7. The van der Waals surface area contributed by atoms with Crippen LogP contribution in [-0.2, 0) is 48.9 Å². The average Bonchev–Trinajstić information content (AvgIpc) is 1.59. The first kappa shape index (κ1) is 70.9. The van der Waals surface area contributed by atoms with Crippen molar-refractivity contribution in [3.05, 3.63) is 177 Å². The van der Waals surface area contributed by atoms with E-state index in [0.717, 1.165) is 70.1 Å². The summed E-state index contributed by atoms with van der Waals surface area (Å²) in [5, 5.41) is 14.7. The van der Waals surface area contributed by atoms with Gasteiger partial charge in [0.1, 0.15) is 24.8 Å². The standard InChI is InChI=1S/C72H83F7N8O8S/c1-49-41-62(80-31-14-6-9-21-63(88)81(2)39-40-84-32-26-57(27-33-84)87(68(92)93)60-20-13-11-18-58(60)50-15-7-5-8-16-50)96-65(49)67(91)83(4)38-37-82(3)64(89)46-94-61-44-51-17-10-12-19-59(51)69(61)28-34-85(35-29-69)36-30-70(53-22-24-56(73)25-23-53)47-86(48-95-70)66(90)52-42-54(71(74,75)76)45-55(43-52)72(77,78)79/h5,7-8,10-13,15-20,22-25,41-43,45,57,61,80H,6,9,14,21,26-40,44,46-48H2,1-4H3,(H,92,93)/t61-,70-/m0/s1. The molecule has 16 nitrogen and oxygen atoms in total. The van der Waals surface area contributed by atoms with Gasteiger partial charge < -0.3 is 49.3 Å². The van der Waals surface area contributed by atoms with Crippen molar-refractivity contribution in [3.8, 4) is 11.1 Å². The third-order valence-corrected chi connectivity index (χ3v) is 20.8. The van der Waals surface area contributed by atoms with Crippen LogP contribution >= 0.6 is 11.3 Å². The number of anilines is 2. The van der Waals surface area contributed by atoms with Crippen molar-refractivity contribution in [1.82, 2.24) is 29.4 Å². The normalized spacial score (nSPS) is 18.3. The lowest BCUT2D eigenvalue weighted by Crippen LogP contribution is -2.50. The number of halogens is 7. The molecule has 2 N–H and O–H groups in total. The van der Waals surface area contributed by atoms with Crippen LogP contribution in [0, 0.1) is 12.7 Å². The maximum absolute atomic E-state index is 14.3. The fourth-order valence-electron chi connectivity index (χ4n) is 13.9. The molecule has 3 saturated heterocycles. The molecule has 514 valence electrons. The molecule has 5 aromatic carbocycles. The van der Waals surface area contributed by atoms with Crippen LogP contribution in [0.15, 0.2) is 127 Å². The number of carbonyl (C=O) groups excluding carboxylic acids is 4. The molecule has 3 fully saturated rings. The summed E-state index contributed by atoms with van der Waals surface area (Å²) in [6.07, 6.45) is -5.17. The van der Waals surface area contributed by atoms with E-state index >= 15 is 0 Å². The predicted molar refractivity (Wildman–Crippen MR) is 353 cm³/mol. The summed E-state index contributed by atoms with van der Waals surface area (Å²) < 4.78 is 110. The van der Waals surface area contributed by atoms with Gasteiger partial charge in [0, 0.05) is 103 Å². The van der Waals surface area contributed by atoms with Crippen molar-refractivity contribution in [2.45, 2.75) is 107 Å². The molecule has 1 aromatic heterocycles. The first-order valence-corrected chi connectivity index (χ1v) is 33.5. The van der Waals surface area contributed by atoms with Crippen molar-refractivity contribution in [2.75, 3.05) is 117 Å². The Bertz CT molecular complexity index is 3660. The van der Waals surface area contributed by atoms with E-state index in [-0.39, 0.29) is 68.6 Å². The van der Waals surface area contributed by atoms with Crippen LogP contribution in [0.1, 0.15) is 111 Å². The quantitative estimate of drug-likeness (QED) is 0.0415. The molecule has 1 spiro atoms. The SMILES string of the molecule is Cc1cc(NCCCCCC(=O)N(C)CCN2CCC(N(C(=O)O)c3ccccc3-c3ccccc3)CC2)sc1C(=O)N(C)CCN(C)C(=O)CO[C@H]1Cc2ccccc2C12CCN(CC[C@@]1(c3ccc(F)cc3)CN(C(=O)c3cc(C(F)(F)F)cc(C(F)(F)F)c3)CO1)CC2. The summed E-state index contributed by atoms with van der Waals surface area (Å²) in [4.78, 5) is 79.7. The Morgan fingerprint density at radius 3 is 2.04 bits per heavy atom. The topological polar surface area (TPSA) is 159 Å². The Morgan fingerprint density at radius 1 is 0.719 bits per heavy atom. The summed E-state index contributed by atoms with van der Waals surface area (Å²) in [6.45, 7) is 6.67. The van der Waals surface area contributed by atoms with Crippen LogP contribution in [-0.4, -0.2) is 183 Å². The monoisotopic (exact) mass is 1350 g/mol. The second-order valence-corrected chi connectivity index (χ2v) is 26.9. The lowest BCUT2D eigenvalue weighted by molar-refractivity contribution is -0.143. The van der Waals surface area contributed by atoms with Gasteiger partial charge in [-0.1, -0.05) is 91.3 Å². The molecule has 0 unspecified atom stereocenters. The number of nitrogens with zero attached hydrogens (tertiary/aromatic N) is 7. The minimum atomic E-state index is -5.15. The van der Waals surface area contributed by atoms with Crippen LogP contribution < -0.4 is 10.2 Å². The average molecular weight is 1350 g/mol. The van der Waals surface area contributed by atoms with Crippen molar-refractivity contribution >= 4 is 51.7 Å². The lowest BCUT2D eigenvalue weighted by atomic mass is 9.72. The van der Waals surface area contributed by atoms with Crippen LogP contribution in [0.25, 0.3) is 11.1 Å². The number of piperidine rings is 2. The molecule has 1 aliphatic carbocycles. The van der Waals surface area contributed by atoms with Gasteiger partial charge in [0.15, 0.2) is 0 Å². The first-order valence-electron chi connectivity index (χ1n) is 32.7. The zero-order valence-electron chi connectivity index (χ0n) is 54.5. The zero-order chi connectivity index (χ0) is 68.5. The number of nitrogens with one attached hydrogen (secondary N) is 1. The molecule has 96 heavy (non-hydrogen) atoms. The number of likely N-dealkylation sites (N-methyl/N-ethyl adjacent to an activating group) is 3. The van der Waals surface area contributed by atoms with E-state index in [1.807, 2.05) is 86.8 Å². The number of hydrogen-bond donors (Lipinski definition) is 2. The number of alkyl halides is 6. The Labute approximate surface area is 559 Å².